The lowest BCUT2D eigenvalue weighted by molar-refractivity contribution is -0.145. The topological polar surface area (TPSA) is 182 Å². The standard InChI is InChI=1S/C20H30N2O5.H2O4S/c1-20(2,3)10-11-21-15(13-17(23)24)18(25)22-16(19(26)27-4)12-14-8-6-5-7-9-14;1-5(2,3)4/h5-9,15-16,21H,10-13H2,1-4H3,(H,22,25)(H,23,24);(H2,1,2,3,4)/p-1/t15-,16-;/m0./s1. The Morgan fingerprint density at radius 3 is 2.09 bits per heavy atom. The number of hydrogen-bond acceptors (Lipinski definition) is 8. The van der Waals surface area contributed by atoms with Crippen LogP contribution in [0.25, 0.3) is 0 Å². The van der Waals surface area contributed by atoms with Crippen molar-refractivity contribution in [1.82, 2.24) is 10.6 Å². The molecule has 0 aliphatic carbocycles. The Bertz CT molecular complexity index is 828. The van der Waals surface area contributed by atoms with Gasteiger partial charge in [0.1, 0.15) is 6.04 Å². The number of hydrogen-bond donors (Lipinski definition) is 4. The molecule has 0 spiro atoms. The highest BCUT2D eigenvalue weighted by Gasteiger charge is 2.28. The van der Waals surface area contributed by atoms with Crippen LogP contribution in [0.1, 0.15) is 39.2 Å². The Kier molecular flexibility index (Phi) is 12.7. The SMILES string of the molecule is COC(=O)[C@H](Cc1ccccc1)NC(=O)[C@H](CC(=O)O)NCCC(C)(C)C.O=S(=O)([O-])O. The predicted molar refractivity (Wildman–Crippen MR) is 115 cm³/mol. The van der Waals surface area contributed by atoms with Crippen LogP contribution in [0.15, 0.2) is 30.3 Å². The van der Waals surface area contributed by atoms with Gasteiger partial charge in [0.15, 0.2) is 0 Å². The minimum absolute atomic E-state index is 0.0547. The van der Waals surface area contributed by atoms with E-state index in [-0.39, 0.29) is 18.3 Å². The zero-order valence-corrected chi connectivity index (χ0v) is 19.3. The molecule has 182 valence electrons. The molecule has 0 unspecified atom stereocenters. The maximum absolute atomic E-state index is 12.6. The van der Waals surface area contributed by atoms with Gasteiger partial charge in [-0.3, -0.25) is 14.1 Å². The van der Waals surface area contributed by atoms with E-state index in [1.807, 2.05) is 30.3 Å². The molecular formula is C20H31N2O9S-. The number of ether oxygens (including phenoxy) is 1. The number of rotatable bonds is 10. The quantitative estimate of drug-likeness (QED) is 0.214. The average molecular weight is 476 g/mol. The summed E-state index contributed by atoms with van der Waals surface area (Å²) in [5.41, 5.74) is 0.919. The normalized spacial score (nSPS) is 13.2. The lowest BCUT2D eigenvalue weighted by Gasteiger charge is -2.23. The van der Waals surface area contributed by atoms with E-state index >= 15 is 0 Å². The largest absolute Gasteiger partial charge is 0.726 e. The third-order valence-corrected chi connectivity index (χ3v) is 4.05. The van der Waals surface area contributed by atoms with Crippen LogP contribution >= 0.6 is 0 Å². The molecule has 11 nitrogen and oxygen atoms in total. The van der Waals surface area contributed by atoms with E-state index < -0.39 is 40.3 Å². The number of carboxylic acids is 1. The van der Waals surface area contributed by atoms with Crippen molar-refractivity contribution in [2.45, 2.75) is 52.1 Å². The summed E-state index contributed by atoms with van der Waals surface area (Å²) in [6.07, 6.45) is 0.678. The Morgan fingerprint density at radius 2 is 1.66 bits per heavy atom. The molecule has 0 aliphatic rings. The number of carboxylic acid groups (broad SMARTS) is 1. The van der Waals surface area contributed by atoms with E-state index in [1.165, 1.54) is 7.11 Å². The molecular weight excluding hydrogens is 444 g/mol. The van der Waals surface area contributed by atoms with Crippen molar-refractivity contribution < 1.29 is 41.8 Å². The summed E-state index contributed by atoms with van der Waals surface area (Å²) in [6, 6.07) is 7.42. The summed E-state index contributed by atoms with van der Waals surface area (Å²) in [7, 11) is -3.66. The van der Waals surface area contributed by atoms with Crippen LogP contribution in [0.2, 0.25) is 0 Å². The summed E-state index contributed by atoms with van der Waals surface area (Å²) in [4.78, 5) is 35.8. The van der Waals surface area contributed by atoms with E-state index in [0.717, 1.165) is 12.0 Å². The molecule has 0 bridgehead atoms. The number of methoxy groups -OCH3 is 1. The third kappa shape index (κ3) is 16.2. The molecule has 0 saturated carbocycles. The second-order valence-electron chi connectivity index (χ2n) is 8.12. The average Bonchev–Trinajstić information content (AvgIpc) is 2.64. The molecule has 0 aliphatic heterocycles. The van der Waals surface area contributed by atoms with E-state index in [0.29, 0.717) is 6.54 Å². The van der Waals surface area contributed by atoms with Gasteiger partial charge in [0, 0.05) is 6.42 Å². The van der Waals surface area contributed by atoms with Gasteiger partial charge in [-0.25, -0.2) is 13.2 Å². The van der Waals surface area contributed by atoms with E-state index in [2.05, 4.69) is 31.4 Å². The number of nitrogens with one attached hydrogen (secondary N) is 2. The van der Waals surface area contributed by atoms with Crippen LogP contribution in [-0.2, 0) is 35.9 Å². The van der Waals surface area contributed by atoms with Crippen molar-refractivity contribution >= 4 is 28.2 Å². The van der Waals surface area contributed by atoms with Crippen molar-refractivity contribution in [2.24, 2.45) is 5.41 Å². The fourth-order valence-electron chi connectivity index (χ4n) is 2.51. The van der Waals surface area contributed by atoms with Crippen molar-refractivity contribution in [3.8, 4) is 0 Å². The zero-order valence-electron chi connectivity index (χ0n) is 18.5. The number of benzene rings is 1. The molecule has 12 heteroatoms. The highest BCUT2D eigenvalue weighted by Crippen LogP contribution is 2.17. The second-order valence-corrected chi connectivity index (χ2v) is 8.97. The molecule has 1 aromatic rings. The maximum Gasteiger partial charge on any atom is 0.328 e. The molecule has 2 atom stereocenters. The van der Waals surface area contributed by atoms with Gasteiger partial charge in [-0.05, 0) is 23.9 Å². The zero-order chi connectivity index (χ0) is 24.9. The van der Waals surface area contributed by atoms with Crippen LogP contribution in [0.4, 0.5) is 0 Å². The van der Waals surface area contributed by atoms with Crippen LogP contribution in [0.3, 0.4) is 0 Å². The lowest BCUT2D eigenvalue weighted by Crippen LogP contribution is -2.52. The Morgan fingerprint density at radius 1 is 1.12 bits per heavy atom. The fraction of sp³-hybridized carbons (Fsp3) is 0.550. The van der Waals surface area contributed by atoms with Gasteiger partial charge in [0.05, 0.1) is 19.6 Å². The van der Waals surface area contributed by atoms with Crippen molar-refractivity contribution in [2.75, 3.05) is 13.7 Å². The van der Waals surface area contributed by atoms with Gasteiger partial charge in [-0.1, -0.05) is 51.1 Å². The van der Waals surface area contributed by atoms with Gasteiger partial charge in [-0.2, -0.15) is 0 Å². The van der Waals surface area contributed by atoms with E-state index in [4.69, 9.17) is 27.4 Å². The minimum Gasteiger partial charge on any atom is -0.726 e. The summed E-state index contributed by atoms with van der Waals surface area (Å²) in [5.74, 6) is -2.19. The fourth-order valence-corrected chi connectivity index (χ4v) is 2.51. The molecule has 1 aromatic carbocycles. The van der Waals surface area contributed by atoms with Crippen molar-refractivity contribution in [3.63, 3.8) is 0 Å². The summed E-state index contributed by atoms with van der Waals surface area (Å²) < 4.78 is 37.6. The molecule has 0 heterocycles. The third-order valence-electron chi connectivity index (χ3n) is 4.05. The lowest BCUT2D eigenvalue weighted by atomic mass is 9.92. The molecule has 4 N–H and O–H groups in total. The summed E-state index contributed by atoms with van der Waals surface area (Å²) in [6.45, 7) is 6.69. The minimum atomic E-state index is -4.92. The van der Waals surface area contributed by atoms with Gasteiger partial charge in [-0.15, -0.1) is 0 Å². The number of carbonyl (C=O) groups excluding carboxylic acids is 2. The van der Waals surface area contributed by atoms with Crippen molar-refractivity contribution in [1.29, 1.82) is 0 Å². The first-order valence-corrected chi connectivity index (χ1v) is 11.0. The number of esters is 1. The molecule has 1 amide bonds. The Labute approximate surface area is 188 Å². The molecule has 0 saturated heterocycles. The molecule has 1 rings (SSSR count). The molecule has 0 aromatic heterocycles. The van der Waals surface area contributed by atoms with Crippen LogP contribution in [-0.4, -0.2) is 66.2 Å². The van der Waals surface area contributed by atoms with Gasteiger partial charge in [0.25, 0.3) is 0 Å². The molecule has 0 fully saturated rings. The number of aliphatic carboxylic acids is 1. The number of carbonyl (C=O) groups is 3. The maximum atomic E-state index is 12.6. The van der Waals surface area contributed by atoms with E-state index in [1.54, 1.807) is 0 Å². The number of amides is 1. The monoisotopic (exact) mass is 475 g/mol. The Balaban J connectivity index is 0.00000172. The summed E-state index contributed by atoms with van der Waals surface area (Å²) in [5, 5.41) is 14.7. The van der Waals surface area contributed by atoms with Gasteiger partial charge >= 0.3 is 11.9 Å². The first-order valence-electron chi connectivity index (χ1n) is 9.68. The van der Waals surface area contributed by atoms with Gasteiger partial charge < -0.3 is 25.0 Å². The first kappa shape index (κ1) is 29.5. The molecule has 0 radical (unpaired) electrons. The highest BCUT2D eigenvalue weighted by atomic mass is 32.3. The van der Waals surface area contributed by atoms with Crippen LogP contribution in [0, 0.1) is 5.41 Å². The second kappa shape index (κ2) is 13.8. The van der Waals surface area contributed by atoms with Crippen molar-refractivity contribution in [3.05, 3.63) is 35.9 Å². The smallest absolute Gasteiger partial charge is 0.328 e. The summed E-state index contributed by atoms with van der Waals surface area (Å²) >= 11 is 0. The predicted octanol–water partition coefficient (Wildman–Crippen LogP) is 0.761. The van der Waals surface area contributed by atoms with Gasteiger partial charge in [0.2, 0.25) is 16.3 Å². The molecule has 32 heavy (non-hydrogen) atoms. The van der Waals surface area contributed by atoms with Crippen LogP contribution in [0.5, 0.6) is 0 Å². The van der Waals surface area contributed by atoms with E-state index in [9.17, 15) is 14.4 Å². The highest BCUT2D eigenvalue weighted by molar-refractivity contribution is 7.79. The van der Waals surface area contributed by atoms with Crippen LogP contribution < -0.4 is 10.6 Å². The Hall–Kier alpha value is -2.54. The first-order chi connectivity index (χ1) is 14.6.